The van der Waals surface area contributed by atoms with Gasteiger partial charge in [0.1, 0.15) is 0 Å². The number of aliphatic hydroxyl groups excluding tert-OH is 1. The lowest BCUT2D eigenvalue weighted by Crippen LogP contribution is -2.15. The molecule has 0 saturated heterocycles. The zero-order valence-electron chi connectivity index (χ0n) is 8.65. The summed E-state index contributed by atoms with van der Waals surface area (Å²) < 4.78 is 0. The fourth-order valence-electron chi connectivity index (χ4n) is 1.05. The van der Waals surface area contributed by atoms with Crippen molar-refractivity contribution >= 4 is 22.4 Å². The summed E-state index contributed by atoms with van der Waals surface area (Å²) >= 11 is 1.40. The van der Waals surface area contributed by atoms with Gasteiger partial charge in [-0.2, -0.15) is 0 Å². The van der Waals surface area contributed by atoms with Crippen molar-refractivity contribution in [2.75, 3.05) is 11.9 Å². The van der Waals surface area contributed by atoms with Crippen LogP contribution in [0.3, 0.4) is 0 Å². The van der Waals surface area contributed by atoms with Gasteiger partial charge in [0.15, 0.2) is 5.13 Å². The average molecular weight is 230 g/mol. The molecule has 6 heteroatoms. The molecule has 1 heterocycles. The highest BCUT2D eigenvalue weighted by atomic mass is 32.1. The maximum absolute atomic E-state index is 10.5. The van der Waals surface area contributed by atoms with E-state index in [2.05, 4.69) is 10.3 Å². The van der Waals surface area contributed by atoms with Crippen LogP contribution < -0.4 is 5.32 Å². The summed E-state index contributed by atoms with van der Waals surface area (Å²) in [5.41, 5.74) is 0.584. The SMILES string of the molecule is Cc1sc(NCC(C)O)nc1CC(=O)O. The second-order valence-electron chi connectivity index (χ2n) is 3.32. The molecular formula is C9H14N2O3S. The zero-order valence-corrected chi connectivity index (χ0v) is 9.47. The average Bonchev–Trinajstić information content (AvgIpc) is 2.43. The summed E-state index contributed by atoms with van der Waals surface area (Å²) in [6.07, 6.45) is -0.504. The van der Waals surface area contributed by atoms with Crippen LogP contribution in [0, 0.1) is 6.92 Å². The Balaban J connectivity index is 2.64. The molecule has 0 aliphatic heterocycles. The smallest absolute Gasteiger partial charge is 0.309 e. The predicted octanol–water partition coefficient (Wildman–Crippen LogP) is 0.871. The molecule has 0 aliphatic rings. The number of carboxylic acids is 1. The van der Waals surface area contributed by atoms with Crippen molar-refractivity contribution in [3.8, 4) is 0 Å². The third-order valence-electron chi connectivity index (χ3n) is 1.76. The van der Waals surface area contributed by atoms with Gasteiger partial charge in [0.25, 0.3) is 0 Å². The number of carboxylic acid groups (broad SMARTS) is 1. The predicted molar refractivity (Wildman–Crippen MR) is 58.4 cm³/mol. The zero-order chi connectivity index (χ0) is 11.4. The Hall–Kier alpha value is -1.14. The minimum absolute atomic E-state index is 0.0569. The van der Waals surface area contributed by atoms with Crippen molar-refractivity contribution in [1.82, 2.24) is 4.98 Å². The number of anilines is 1. The highest BCUT2D eigenvalue weighted by molar-refractivity contribution is 7.15. The minimum atomic E-state index is -0.884. The lowest BCUT2D eigenvalue weighted by atomic mass is 10.3. The van der Waals surface area contributed by atoms with E-state index in [1.165, 1.54) is 11.3 Å². The standard InChI is InChI=1S/C9H14N2O3S/c1-5(12)4-10-9-11-7(3-8(13)14)6(2)15-9/h5,12H,3-4H2,1-2H3,(H,10,11)(H,13,14). The second kappa shape index (κ2) is 5.09. The first-order valence-electron chi connectivity index (χ1n) is 4.59. The van der Waals surface area contributed by atoms with Crippen LogP contribution in [0.4, 0.5) is 5.13 Å². The first-order valence-corrected chi connectivity index (χ1v) is 5.40. The molecule has 0 spiro atoms. The lowest BCUT2D eigenvalue weighted by molar-refractivity contribution is -0.136. The van der Waals surface area contributed by atoms with E-state index < -0.39 is 12.1 Å². The molecule has 1 unspecified atom stereocenters. The monoisotopic (exact) mass is 230 g/mol. The van der Waals surface area contributed by atoms with E-state index in [9.17, 15) is 4.79 Å². The molecule has 0 aromatic carbocycles. The molecule has 0 radical (unpaired) electrons. The van der Waals surface area contributed by atoms with Crippen molar-refractivity contribution in [2.24, 2.45) is 0 Å². The van der Waals surface area contributed by atoms with Gasteiger partial charge in [0.05, 0.1) is 18.2 Å². The van der Waals surface area contributed by atoms with Crippen molar-refractivity contribution in [3.05, 3.63) is 10.6 Å². The third kappa shape index (κ3) is 3.85. The van der Waals surface area contributed by atoms with Crippen LogP contribution in [-0.2, 0) is 11.2 Å². The molecule has 15 heavy (non-hydrogen) atoms. The first-order chi connectivity index (χ1) is 6.99. The highest BCUT2D eigenvalue weighted by Crippen LogP contribution is 2.22. The lowest BCUT2D eigenvalue weighted by Gasteiger charge is -2.03. The second-order valence-corrected chi connectivity index (χ2v) is 4.53. The number of aliphatic hydroxyl groups is 1. The molecule has 0 fully saturated rings. The van der Waals surface area contributed by atoms with E-state index in [-0.39, 0.29) is 6.42 Å². The molecule has 84 valence electrons. The van der Waals surface area contributed by atoms with E-state index in [4.69, 9.17) is 10.2 Å². The number of nitrogens with one attached hydrogen (secondary N) is 1. The van der Waals surface area contributed by atoms with E-state index in [1.54, 1.807) is 6.92 Å². The Kier molecular flexibility index (Phi) is 4.05. The normalized spacial score (nSPS) is 12.5. The van der Waals surface area contributed by atoms with Crippen LogP contribution in [0.5, 0.6) is 0 Å². The molecule has 0 amide bonds. The number of hydrogen-bond donors (Lipinski definition) is 3. The summed E-state index contributed by atoms with van der Waals surface area (Å²) in [5.74, 6) is -0.884. The van der Waals surface area contributed by atoms with Gasteiger partial charge >= 0.3 is 5.97 Å². The topological polar surface area (TPSA) is 82.5 Å². The Bertz CT molecular complexity index is 349. The molecule has 0 aliphatic carbocycles. The highest BCUT2D eigenvalue weighted by Gasteiger charge is 2.10. The summed E-state index contributed by atoms with van der Waals surface area (Å²) in [7, 11) is 0. The van der Waals surface area contributed by atoms with E-state index >= 15 is 0 Å². The number of aryl methyl sites for hydroxylation is 1. The fourth-order valence-corrected chi connectivity index (χ4v) is 1.88. The molecule has 1 aromatic heterocycles. The number of carbonyl (C=O) groups is 1. The van der Waals surface area contributed by atoms with Crippen molar-refractivity contribution in [1.29, 1.82) is 0 Å². The summed E-state index contributed by atoms with van der Waals surface area (Å²) in [6, 6.07) is 0. The molecule has 1 rings (SSSR count). The van der Waals surface area contributed by atoms with Crippen molar-refractivity contribution < 1.29 is 15.0 Å². The van der Waals surface area contributed by atoms with Crippen LogP contribution in [-0.4, -0.2) is 33.8 Å². The van der Waals surface area contributed by atoms with Gasteiger partial charge in [-0.25, -0.2) is 4.98 Å². The minimum Gasteiger partial charge on any atom is -0.481 e. The van der Waals surface area contributed by atoms with E-state index in [0.717, 1.165) is 4.88 Å². The molecule has 5 nitrogen and oxygen atoms in total. The largest absolute Gasteiger partial charge is 0.481 e. The third-order valence-corrected chi connectivity index (χ3v) is 2.73. The van der Waals surface area contributed by atoms with Gasteiger partial charge in [-0.1, -0.05) is 0 Å². The molecule has 0 saturated carbocycles. The molecular weight excluding hydrogens is 216 g/mol. The Morgan fingerprint density at radius 1 is 1.67 bits per heavy atom. The van der Waals surface area contributed by atoms with Gasteiger partial charge in [0.2, 0.25) is 0 Å². The van der Waals surface area contributed by atoms with Gasteiger partial charge in [-0.3, -0.25) is 4.79 Å². The van der Waals surface area contributed by atoms with Gasteiger partial charge in [-0.05, 0) is 13.8 Å². The fraction of sp³-hybridized carbons (Fsp3) is 0.556. The number of rotatable bonds is 5. The van der Waals surface area contributed by atoms with Crippen molar-refractivity contribution in [3.63, 3.8) is 0 Å². The van der Waals surface area contributed by atoms with Gasteiger partial charge in [-0.15, -0.1) is 11.3 Å². The van der Waals surface area contributed by atoms with Crippen LogP contribution in [0.15, 0.2) is 0 Å². The van der Waals surface area contributed by atoms with E-state index in [1.807, 2.05) is 6.92 Å². The van der Waals surface area contributed by atoms with Crippen LogP contribution in [0.2, 0.25) is 0 Å². The molecule has 3 N–H and O–H groups in total. The summed E-state index contributed by atoms with van der Waals surface area (Å²) in [6.45, 7) is 3.93. The number of aliphatic carboxylic acids is 1. The maximum Gasteiger partial charge on any atom is 0.309 e. The van der Waals surface area contributed by atoms with Gasteiger partial charge in [0, 0.05) is 11.4 Å². The van der Waals surface area contributed by atoms with Crippen LogP contribution in [0.25, 0.3) is 0 Å². The first kappa shape index (κ1) is 11.9. The quantitative estimate of drug-likeness (QED) is 0.699. The summed E-state index contributed by atoms with van der Waals surface area (Å²) in [4.78, 5) is 15.5. The summed E-state index contributed by atoms with van der Waals surface area (Å²) in [5, 5.41) is 21.3. The molecule has 0 bridgehead atoms. The Morgan fingerprint density at radius 3 is 2.87 bits per heavy atom. The van der Waals surface area contributed by atoms with Crippen LogP contribution >= 0.6 is 11.3 Å². The number of aromatic nitrogens is 1. The van der Waals surface area contributed by atoms with Crippen molar-refractivity contribution in [2.45, 2.75) is 26.4 Å². The van der Waals surface area contributed by atoms with Gasteiger partial charge < -0.3 is 15.5 Å². The maximum atomic E-state index is 10.5. The Labute approximate surface area is 91.8 Å². The molecule has 1 aromatic rings. The Morgan fingerprint density at radius 2 is 2.33 bits per heavy atom. The molecule has 1 atom stereocenters. The number of thiazole rings is 1. The number of nitrogens with zero attached hydrogens (tertiary/aromatic N) is 1. The van der Waals surface area contributed by atoms with E-state index in [0.29, 0.717) is 17.4 Å². The van der Waals surface area contributed by atoms with Crippen LogP contribution in [0.1, 0.15) is 17.5 Å². The number of hydrogen-bond acceptors (Lipinski definition) is 5.